The predicted molar refractivity (Wildman–Crippen MR) is 109 cm³/mol. The number of pyridine rings is 1. The first kappa shape index (κ1) is 19.5. The molecule has 2 heterocycles. The lowest BCUT2D eigenvalue weighted by molar-refractivity contribution is -0.147. The van der Waals surface area contributed by atoms with Gasteiger partial charge in [-0.25, -0.2) is 9.37 Å². The largest absolute Gasteiger partial charge is 0.451 e. The third kappa shape index (κ3) is 4.60. The molecule has 4 rings (SSSR count). The predicted octanol–water partition coefficient (Wildman–Crippen LogP) is 5.14. The Balaban J connectivity index is 1.43. The number of ether oxygens (including phenoxy) is 1. The molecule has 0 aliphatic rings. The fraction of sp³-hybridized carbons (Fsp3) is 0.125. The summed E-state index contributed by atoms with van der Waals surface area (Å²) in [5.74, 6) is -0.118. The SMILES string of the molecule is O=C(CCc1ncc(-c2ccccc2F)o1)OC(c1ccccc1)c1ccccn1. The minimum atomic E-state index is -0.599. The summed E-state index contributed by atoms with van der Waals surface area (Å²) in [6, 6.07) is 21.2. The van der Waals surface area contributed by atoms with Crippen LogP contribution in [0.2, 0.25) is 0 Å². The number of halogens is 1. The van der Waals surface area contributed by atoms with E-state index in [0.29, 0.717) is 22.9 Å². The summed E-state index contributed by atoms with van der Waals surface area (Å²) in [4.78, 5) is 21.0. The van der Waals surface area contributed by atoms with E-state index in [0.717, 1.165) is 5.56 Å². The summed E-state index contributed by atoms with van der Waals surface area (Å²) in [5.41, 5.74) is 1.82. The number of aryl methyl sites for hydroxylation is 1. The van der Waals surface area contributed by atoms with Crippen LogP contribution in [0, 0.1) is 5.82 Å². The molecule has 1 unspecified atom stereocenters. The number of hydrogen-bond acceptors (Lipinski definition) is 5. The van der Waals surface area contributed by atoms with E-state index in [1.165, 1.54) is 12.3 Å². The van der Waals surface area contributed by atoms with Crippen molar-refractivity contribution in [2.45, 2.75) is 18.9 Å². The highest BCUT2D eigenvalue weighted by atomic mass is 19.1. The zero-order valence-electron chi connectivity index (χ0n) is 16.1. The van der Waals surface area contributed by atoms with Gasteiger partial charge in [-0.1, -0.05) is 48.5 Å². The molecule has 0 saturated carbocycles. The first-order valence-corrected chi connectivity index (χ1v) is 9.55. The van der Waals surface area contributed by atoms with E-state index in [1.54, 1.807) is 24.4 Å². The van der Waals surface area contributed by atoms with E-state index in [2.05, 4.69) is 9.97 Å². The van der Waals surface area contributed by atoms with Crippen LogP contribution >= 0.6 is 0 Å². The molecule has 30 heavy (non-hydrogen) atoms. The smallest absolute Gasteiger partial charge is 0.307 e. The Kier molecular flexibility index (Phi) is 5.94. The molecule has 150 valence electrons. The molecule has 5 nitrogen and oxygen atoms in total. The normalized spacial score (nSPS) is 11.8. The minimum Gasteiger partial charge on any atom is -0.451 e. The maximum Gasteiger partial charge on any atom is 0.307 e. The number of aromatic nitrogens is 2. The number of benzene rings is 2. The third-order valence-corrected chi connectivity index (χ3v) is 4.54. The molecule has 0 N–H and O–H groups in total. The Morgan fingerprint density at radius 2 is 1.73 bits per heavy atom. The Morgan fingerprint density at radius 3 is 2.50 bits per heavy atom. The summed E-state index contributed by atoms with van der Waals surface area (Å²) >= 11 is 0. The van der Waals surface area contributed by atoms with Crippen molar-refractivity contribution >= 4 is 5.97 Å². The number of carbonyl (C=O) groups excluding carboxylic acids is 1. The molecule has 6 heteroatoms. The lowest BCUT2D eigenvalue weighted by Gasteiger charge is -2.17. The maximum atomic E-state index is 13.9. The second kappa shape index (κ2) is 9.13. The van der Waals surface area contributed by atoms with E-state index in [4.69, 9.17) is 9.15 Å². The lowest BCUT2D eigenvalue weighted by atomic mass is 10.1. The summed E-state index contributed by atoms with van der Waals surface area (Å²) < 4.78 is 25.2. The van der Waals surface area contributed by atoms with Gasteiger partial charge in [0.15, 0.2) is 17.8 Å². The number of hydrogen-bond donors (Lipinski definition) is 0. The van der Waals surface area contributed by atoms with Crippen LogP contribution in [0.25, 0.3) is 11.3 Å². The molecular formula is C24H19FN2O3. The minimum absolute atomic E-state index is 0.0768. The molecule has 0 aliphatic heterocycles. The Labute approximate surface area is 173 Å². The molecule has 1 atom stereocenters. The van der Waals surface area contributed by atoms with E-state index >= 15 is 0 Å². The van der Waals surface area contributed by atoms with Crippen molar-refractivity contribution in [2.75, 3.05) is 0 Å². The molecule has 0 radical (unpaired) electrons. The molecule has 0 spiro atoms. The van der Waals surface area contributed by atoms with Crippen LogP contribution in [0.5, 0.6) is 0 Å². The van der Waals surface area contributed by atoms with Gasteiger partial charge in [-0.3, -0.25) is 9.78 Å². The molecule has 0 aliphatic carbocycles. The second-order valence-corrected chi connectivity index (χ2v) is 6.63. The standard InChI is InChI=1S/C24H19FN2O3/c25-19-11-5-4-10-18(19)21-16-27-22(29-21)13-14-23(28)30-24(17-8-2-1-3-9-17)20-12-6-7-15-26-20/h1-12,15-16,24H,13-14H2. The Morgan fingerprint density at radius 1 is 0.967 bits per heavy atom. The van der Waals surface area contributed by atoms with Gasteiger partial charge < -0.3 is 9.15 Å². The van der Waals surface area contributed by atoms with Gasteiger partial charge in [0, 0.05) is 12.6 Å². The molecule has 2 aromatic heterocycles. The second-order valence-electron chi connectivity index (χ2n) is 6.63. The third-order valence-electron chi connectivity index (χ3n) is 4.54. The van der Waals surface area contributed by atoms with Crippen LogP contribution < -0.4 is 0 Å². The highest BCUT2D eigenvalue weighted by Crippen LogP contribution is 2.26. The van der Waals surface area contributed by atoms with Crippen molar-refractivity contribution in [3.05, 3.63) is 108 Å². The van der Waals surface area contributed by atoms with Gasteiger partial charge in [0.1, 0.15) is 5.82 Å². The number of rotatable bonds is 7. The molecule has 0 bridgehead atoms. The van der Waals surface area contributed by atoms with Crippen molar-refractivity contribution in [3.63, 3.8) is 0 Å². The summed E-state index contributed by atoms with van der Waals surface area (Å²) in [6.07, 6.45) is 2.85. The van der Waals surface area contributed by atoms with E-state index < -0.39 is 12.1 Å². The van der Waals surface area contributed by atoms with Crippen molar-refractivity contribution in [1.29, 1.82) is 0 Å². The van der Waals surface area contributed by atoms with Crippen molar-refractivity contribution < 1.29 is 18.3 Å². The van der Waals surface area contributed by atoms with E-state index in [-0.39, 0.29) is 18.7 Å². The highest BCUT2D eigenvalue weighted by Gasteiger charge is 2.20. The van der Waals surface area contributed by atoms with Gasteiger partial charge >= 0.3 is 5.97 Å². The fourth-order valence-electron chi connectivity index (χ4n) is 3.07. The first-order valence-electron chi connectivity index (χ1n) is 9.55. The number of oxazole rings is 1. The van der Waals surface area contributed by atoms with Crippen molar-refractivity contribution in [2.24, 2.45) is 0 Å². The summed E-state index contributed by atoms with van der Waals surface area (Å²) in [7, 11) is 0. The number of nitrogens with zero attached hydrogens (tertiary/aromatic N) is 2. The summed E-state index contributed by atoms with van der Waals surface area (Å²) in [6.45, 7) is 0. The van der Waals surface area contributed by atoms with Crippen LogP contribution in [0.15, 0.2) is 89.6 Å². The number of carbonyl (C=O) groups is 1. The maximum absolute atomic E-state index is 13.9. The zero-order chi connectivity index (χ0) is 20.8. The van der Waals surface area contributed by atoms with Gasteiger partial charge in [0.05, 0.1) is 23.9 Å². The average Bonchev–Trinajstić information content (AvgIpc) is 3.26. The lowest BCUT2D eigenvalue weighted by Crippen LogP contribution is -2.14. The zero-order valence-corrected chi connectivity index (χ0v) is 16.1. The average molecular weight is 402 g/mol. The monoisotopic (exact) mass is 402 g/mol. The molecule has 0 saturated heterocycles. The molecule has 0 fully saturated rings. The molecule has 4 aromatic rings. The van der Waals surface area contributed by atoms with Crippen molar-refractivity contribution in [3.8, 4) is 11.3 Å². The van der Waals surface area contributed by atoms with Gasteiger partial charge in [-0.2, -0.15) is 0 Å². The molecule has 0 amide bonds. The van der Waals surface area contributed by atoms with Crippen LogP contribution in [0.4, 0.5) is 4.39 Å². The Hall–Kier alpha value is -3.80. The van der Waals surface area contributed by atoms with Crippen LogP contribution in [0.1, 0.15) is 29.7 Å². The van der Waals surface area contributed by atoms with E-state index in [1.807, 2.05) is 48.5 Å². The van der Waals surface area contributed by atoms with Crippen LogP contribution in [0.3, 0.4) is 0 Å². The van der Waals surface area contributed by atoms with Gasteiger partial charge in [0.25, 0.3) is 0 Å². The molecule has 2 aromatic carbocycles. The number of esters is 1. The fourth-order valence-corrected chi connectivity index (χ4v) is 3.07. The van der Waals surface area contributed by atoms with Crippen molar-refractivity contribution in [1.82, 2.24) is 9.97 Å². The van der Waals surface area contributed by atoms with Crippen LogP contribution in [-0.4, -0.2) is 15.9 Å². The van der Waals surface area contributed by atoms with Gasteiger partial charge in [-0.05, 0) is 29.8 Å². The topological polar surface area (TPSA) is 65.2 Å². The van der Waals surface area contributed by atoms with E-state index in [9.17, 15) is 9.18 Å². The Bertz CT molecular complexity index is 1070. The summed E-state index contributed by atoms with van der Waals surface area (Å²) in [5, 5.41) is 0. The first-order chi connectivity index (χ1) is 14.7. The quantitative estimate of drug-likeness (QED) is 0.401. The van der Waals surface area contributed by atoms with Gasteiger partial charge in [-0.15, -0.1) is 0 Å². The van der Waals surface area contributed by atoms with Crippen LogP contribution in [-0.2, 0) is 16.0 Å². The highest BCUT2D eigenvalue weighted by molar-refractivity contribution is 5.70. The van der Waals surface area contributed by atoms with Gasteiger partial charge in [0.2, 0.25) is 0 Å². The molecular weight excluding hydrogens is 383 g/mol.